The molecule has 1 atom stereocenters. The second-order valence-electron chi connectivity index (χ2n) is 4.37. The molecule has 0 bridgehead atoms. The van der Waals surface area contributed by atoms with Crippen molar-refractivity contribution in [3.8, 4) is 0 Å². The Labute approximate surface area is 118 Å². The molecule has 2 aromatic carbocycles. The number of aliphatic carboxylic acids is 1. The van der Waals surface area contributed by atoms with Gasteiger partial charge >= 0.3 is 5.97 Å². The Bertz CT molecular complexity index is 820. The smallest absolute Gasteiger partial charge is 0.332 e. The van der Waals surface area contributed by atoms with Crippen LogP contribution >= 0.6 is 11.5 Å². The summed E-state index contributed by atoms with van der Waals surface area (Å²) < 4.78 is 2.11. The molecule has 20 heavy (non-hydrogen) atoms. The lowest BCUT2D eigenvalue weighted by Crippen LogP contribution is -2.26. The lowest BCUT2D eigenvalue weighted by Gasteiger charge is -2.12. The molecular formula is C15H11NO3S. The maximum absolute atomic E-state index is 12.4. The van der Waals surface area contributed by atoms with Gasteiger partial charge in [0.15, 0.2) is 6.04 Å². The fourth-order valence-electron chi connectivity index (χ4n) is 2.17. The van der Waals surface area contributed by atoms with Crippen LogP contribution in [0.2, 0.25) is 0 Å². The van der Waals surface area contributed by atoms with Gasteiger partial charge in [-0.25, -0.2) is 8.75 Å². The maximum atomic E-state index is 12.4. The van der Waals surface area contributed by atoms with E-state index in [2.05, 4.69) is 0 Å². The zero-order valence-electron chi connectivity index (χ0n) is 10.4. The molecule has 0 aliphatic heterocycles. The molecule has 0 aliphatic carbocycles. The van der Waals surface area contributed by atoms with Crippen LogP contribution in [0.25, 0.3) is 10.1 Å². The van der Waals surface area contributed by atoms with Crippen molar-refractivity contribution in [2.45, 2.75) is 6.04 Å². The minimum atomic E-state index is -1.04. The summed E-state index contributed by atoms with van der Waals surface area (Å²) in [5, 5.41) is 10.0. The first-order chi connectivity index (χ1) is 9.68. The Balaban J connectivity index is 2.23. The summed E-state index contributed by atoms with van der Waals surface area (Å²) in [5.41, 5.74) is 0.329. The van der Waals surface area contributed by atoms with Crippen molar-refractivity contribution in [2.75, 3.05) is 0 Å². The van der Waals surface area contributed by atoms with Gasteiger partial charge in [-0.3, -0.25) is 4.79 Å². The molecule has 0 aliphatic rings. The second-order valence-corrected chi connectivity index (χ2v) is 5.39. The summed E-state index contributed by atoms with van der Waals surface area (Å²) in [6.45, 7) is 0. The summed E-state index contributed by atoms with van der Waals surface area (Å²) in [7, 11) is 0. The molecule has 0 saturated heterocycles. The van der Waals surface area contributed by atoms with E-state index in [1.807, 2.05) is 18.2 Å². The normalized spacial score (nSPS) is 12.4. The number of hydrogen-bond acceptors (Lipinski definition) is 3. The lowest BCUT2D eigenvalue weighted by molar-refractivity contribution is -0.139. The summed E-state index contributed by atoms with van der Waals surface area (Å²) in [4.78, 5) is 23.9. The molecule has 1 N–H and O–H groups in total. The average Bonchev–Trinajstić information content (AvgIpc) is 2.78. The summed E-state index contributed by atoms with van der Waals surface area (Å²) in [6, 6.07) is 15.0. The molecule has 0 amide bonds. The first-order valence-electron chi connectivity index (χ1n) is 6.07. The maximum Gasteiger partial charge on any atom is 0.332 e. The first-order valence-corrected chi connectivity index (χ1v) is 6.84. The van der Waals surface area contributed by atoms with Gasteiger partial charge in [0, 0.05) is 0 Å². The standard InChI is InChI=1S/C15H11NO3S/c17-14-11-8-4-5-9-12(11)20-16(14)13(15(18)19)10-6-2-1-3-7-10/h1-9,13H,(H,18,19)/t13-/m1/s1. The molecule has 3 rings (SSSR count). The van der Waals surface area contributed by atoms with Crippen molar-refractivity contribution >= 4 is 27.6 Å². The molecule has 0 fully saturated rings. The predicted molar refractivity (Wildman–Crippen MR) is 78.3 cm³/mol. The number of nitrogens with zero attached hydrogens (tertiary/aromatic N) is 1. The van der Waals surface area contributed by atoms with Gasteiger partial charge in [-0.05, 0) is 17.7 Å². The molecule has 0 unspecified atom stereocenters. The van der Waals surface area contributed by atoms with Gasteiger partial charge in [-0.1, -0.05) is 54.0 Å². The predicted octanol–water partition coefficient (Wildman–Crippen LogP) is 2.74. The highest BCUT2D eigenvalue weighted by molar-refractivity contribution is 7.14. The van der Waals surface area contributed by atoms with Crippen LogP contribution in [0.1, 0.15) is 11.6 Å². The van der Waals surface area contributed by atoms with Crippen LogP contribution in [0, 0.1) is 0 Å². The molecule has 0 saturated carbocycles. The Hall–Kier alpha value is -2.40. The van der Waals surface area contributed by atoms with E-state index in [9.17, 15) is 14.7 Å². The van der Waals surface area contributed by atoms with Crippen LogP contribution in [-0.2, 0) is 4.79 Å². The van der Waals surface area contributed by atoms with E-state index >= 15 is 0 Å². The van der Waals surface area contributed by atoms with Crippen LogP contribution in [-0.4, -0.2) is 15.0 Å². The van der Waals surface area contributed by atoms with E-state index in [-0.39, 0.29) is 5.56 Å². The Morgan fingerprint density at radius 3 is 2.35 bits per heavy atom. The minimum Gasteiger partial charge on any atom is -0.479 e. The van der Waals surface area contributed by atoms with Crippen molar-refractivity contribution in [1.29, 1.82) is 0 Å². The number of carbonyl (C=O) groups is 1. The molecule has 100 valence electrons. The molecule has 3 aromatic rings. The third-order valence-electron chi connectivity index (χ3n) is 3.10. The van der Waals surface area contributed by atoms with E-state index in [4.69, 9.17) is 0 Å². The molecule has 0 spiro atoms. The number of fused-ring (bicyclic) bond motifs is 1. The highest BCUT2D eigenvalue weighted by Gasteiger charge is 2.25. The van der Waals surface area contributed by atoms with Crippen LogP contribution in [0.3, 0.4) is 0 Å². The molecular weight excluding hydrogens is 274 g/mol. The van der Waals surface area contributed by atoms with Gasteiger partial charge < -0.3 is 5.11 Å². The van der Waals surface area contributed by atoms with Crippen LogP contribution in [0.15, 0.2) is 59.4 Å². The van der Waals surface area contributed by atoms with Gasteiger partial charge in [0.25, 0.3) is 5.56 Å². The van der Waals surface area contributed by atoms with Crippen LogP contribution in [0.4, 0.5) is 0 Å². The van der Waals surface area contributed by atoms with Gasteiger partial charge in [-0.2, -0.15) is 0 Å². The molecule has 4 nitrogen and oxygen atoms in total. The van der Waals surface area contributed by atoms with Gasteiger partial charge in [0.1, 0.15) is 0 Å². The highest BCUT2D eigenvalue weighted by atomic mass is 32.1. The summed E-state index contributed by atoms with van der Waals surface area (Å²) in [6.07, 6.45) is 0. The zero-order chi connectivity index (χ0) is 14.1. The van der Waals surface area contributed by atoms with Crippen molar-refractivity contribution in [1.82, 2.24) is 3.96 Å². The van der Waals surface area contributed by atoms with Crippen molar-refractivity contribution in [3.63, 3.8) is 0 Å². The fourth-order valence-corrected chi connectivity index (χ4v) is 3.28. The first kappa shape index (κ1) is 12.6. The third kappa shape index (κ3) is 2.02. The van der Waals surface area contributed by atoms with E-state index < -0.39 is 12.0 Å². The SMILES string of the molecule is O=C(O)[C@@H](c1ccccc1)n1sc2ccccc2c1=O. The number of benzene rings is 2. The van der Waals surface area contributed by atoms with Crippen molar-refractivity contribution < 1.29 is 9.90 Å². The average molecular weight is 285 g/mol. The quantitative estimate of drug-likeness (QED) is 0.805. The largest absolute Gasteiger partial charge is 0.479 e. The van der Waals surface area contributed by atoms with E-state index in [1.165, 1.54) is 15.5 Å². The van der Waals surface area contributed by atoms with E-state index in [1.54, 1.807) is 36.4 Å². The van der Waals surface area contributed by atoms with Gasteiger partial charge in [0.05, 0.1) is 10.1 Å². The number of aromatic nitrogens is 1. The molecule has 1 aromatic heterocycles. The Morgan fingerprint density at radius 2 is 1.70 bits per heavy atom. The van der Waals surface area contributed by atoms with Crippen LogP contribution in [0.5, 0.6) is 0 Å². The number of carboxylic acid groups (broad SMARTS) is 1. The topological polar surface area (TPSA) is 59.3 Å². The van der Waals surface area contributed by atoms with Crippen LogP contribution < -0.4 is 5.56 Å². The highest BCUT2D eigenvalue weighted by Crippen LogP contribution is 2.24. The van der Waals surface area contributed by atoms with Crippen molar-refractivity contribution in [2.24, 2.45) is 0 Å². The van der Waals surface area contributed by atoms with Crippen molar-refractivity contribution in [3.05, 3.63) is 70.5 Å². The monoisotopic (exact) mass is 285 g/mol. The summed E-state index contributed by atoms with van der Waals surface area (Å²) in [5.74, 6) is -1.04. The fraction of sp³-hybridized carbons (Fsp3) is 0.0667. The molecule has 0 radical (unpaired) electrons. The van der Waals surface area contributed by atoms with E-state index in [0.29, 0.717) is 10.9 Å². The Kier molecular flexibility index (Phi) is 3.12. The second kappa shape index (κ2) is 4.94. The molecule has 1 heterocycles. The Morgan fingerprint density at radius 1 is 1.05 bits per heavy atom. The third-order valence-corrected chi connectivity index (χ3v) is 4.22. The number of rotatable bonds is 3. The van der Waals surface area contributed by atoms with Gasteiger partial charge in [-0.15, -0.1) is 0 Å². The summed E-state index contributed by atoms with van der Waals surface area (Å²) >= 11 is 1.18. The number of carboxylic acids is 1. The zero-order valence-corrected chi connectivity index (χ0v) is 11.2. The minimum absolute atomic E-state index is 0.262. The molecule has 5 heteroatoms. The van der Waals surface area contributed by atoms with Gasteiger partial charge in [0.2, 0.25) is 0 Å². The number of hydrogen-bond donors (Lipinski definition) is 1. The lowest BCUT2D eigenvalue weighted by atomic mass is 10.1. The van der Waals surface area contributed by atoms with E-state index in [0.717, 1.165) is 4.70 Å².